The van der Waals surface area contributed by atoms with Gasteiger partial charge in [0.25, 0.3) is 23.3 Å². The second-order valence-corrected chi connectivity index (χ2v) is 2.74. The van der Waals surface area contributed by atoms with Gasteiger partial charge in [0.05, 0.1) is 13.2 Å². The molecule has 0 saturated carbocycles. The number of nitrogens with two attached hydrogens (primary N) is 3. The summed E-state index contributed by atoms with van der Waals surface area (Å²) in [4.78, 5) is 0. The minimum absolute atomic E-state index is 0.0653. The Morgan fingerprint density at radius 3 is 2.13 bits per heavy atom. The number of hydrogen-bond acceptors (Lipinski definition) is 7. The van der Waals surface area contributed by atoms with Crippen molar-refractivity contribution >= 4 is 23.3 Å². The molecular formula is C6H12N6O3. The number of nitrogens with zero attached hydrogens (tertiary/aromatic N) is 2. The molecule has 8 N–H and O–H groups in total. The zero-order chi connectivity index (χ0) is 11.6. The van der Waals surface area contributed by atoms with E-state index in [9.17, 15) is 10.4 Å². The highest BCUT2D eigenvalue weighted by Gasteiger charge is 2.20. The van der Waals surface area contributed by atoms with Gasteiger partial charge in [-0.1, -0.05) is 0 Å². The van der Waals surface area contributed by atoms with Crippen LogP contribution in [0.15, 0.2) is 0 Å². The minimum Gasteiger partial charge on any atom is -0.740 e. The van der Waals surface area contributed by atoms with Gasteiger partial charge in [-0.05, 0) is 0 Å². The molecule has 0 fully saturated rings. The van der Waals surface area contributed by atoms with Crippen LogP contribution in [-0.2, 0) is 0 Å². The summed E-state index contributed by atoms with van der Waals surface area (Å²) in [5.74, 6) is -1.53. The molecule has 1 aromatic rings. The van der Waals surface area contributed by atoms with E-state index in [4.69, 9.17) is 22.3 Å². The van der Waals surface area contributed by atoms with E-state index < -0.39 is 17.5 Å². The number of aliphatic hydroxyl groups is 1. The summed E-state index contributed by atoms with van der Waals surface area (Å²) in [5, 5.41) is 33.7. The van der Waals surface area contributed by atoms with Gasteiger partial charge in [0.1, 0.15) is 0 Å². The summed E-state index contributed by atoms with van der Waals surface area (Å²) in [5.41, 5.74) is 15.8. The van der Waals surface area contributed by atoms with E-state index in [-0.39, 0.29) is 28.4 Å². The number of aromatic nitrogens is 2. The van der Waals surface area contributed by atoms with Crippen LogP contribution in [0.2, 0.25) is 0 Å². The van der Waals surface area contributed by atoms with Crippen molar-refractivity contribution in [3.05, 3.63) is 10.4 Å². The Bertz CT molecular complexity index is 353. The van der Waals surface area contributed by atoms with Gasteiger partial charge in [-0.3, -0.25) is 5.32 Å². The Labute approximate surface area is 84.9 Å². The molecule has 0 bridgehead atoms. The normalized spacial score (nSPS) is 10.2. The molecule has 0 aromatic carbocycles. The lowest BCUT2D eigenvalue weighted by Crippen LogP contribution is -2.47. The van der Waals surface area contributed by atoms with E-state index in [0.29, 0.717) is 0 Å². The average Bonchev–Trinajstić information content (AvgIpc) is 2.24. The third-order valence-corrected chi connectivity index (χ3v) is 1.77. The highest BCUT2D eigenvalue weighted by Crippen LogP contribution is 2.13. The van der Waals surface area contributed by atoms with Crippen molar-refractivity contribution in [3.8, 4) is 0 Å². The average molecular weight is 216 g/mol. The lowest BCUT2D eigenvalue weighted by atomic mass is 10.5. The van der Waals surface area contributed by atoms with Crippen molar-refractivity contribution in [2.24, 2.45) is 0 Å². The van der Waals surface area contributed by atoms with Crippen LogP contribution < -0.4 is 32.0 Å². The van der Waals surface area contributed by atoms with Crippen LogP contribution in [0, 0.1) is 10.4 Å². The Hall–Kier alpha value is -2.16. The smallest absolute Gasteiger partial charge is 0.296 e. The standard InChI is InChI=1S/C6H12N6O3/c7-3-4(8)12(15)6(10-1-2-13)5(9)11(3)14/h10,13H,1-2,7-9H2. The highest BCUT2D eigenvalue weighted by atomic mass is 16.5. The molecule has 0 spiro atoms. The van der Waals surface area contributed by atoms with Crippen LogP contribution in [-0.4, -0.2) is 18.3 Å². The highest BCUT2D eigenvalue weighted by molar-refractivity contribution is 5.55. The molecular weight excluding hydrogens is 204 g/mol. The fraction of sp³-hybridized carbons (Fsp3) is 0.333. The Morgan fingerprint density at radius 2 is 1.60 bits per heavy atom. The fourth-order valence-electron chi connectivity index (χ4n) is 0.995. The minimum atomic E-state index is -0.461. The third kappa shape index (κ3) is 1.72. The molecule has 15 heavy (non-hydrogen) atoms. The molecule has 0 atom stereocenters. The molecule has 0 amide bonds. The molecule has 1 aromatic heterocycles. The van der Waals surface area contributed by atoms with Crippen LogP contribution in [0.5, 0.6) is 0 Å². The zero-order valence-electron chi connectivity index (χ0n) is 7.80. The van der Waals surface area contributed by atoms with Crippen LogP contribution in [0.25, 0.3) is 0 Å². The second-order valence-electron chi connectivity index (χ2n) is 2.74. The molecule has 84 valence electrons. The predicted molar refractivity (Wildman–Crippen MR) is 53.2 cm³/mol. The maximum Gasteiger partial charge on any atom is 0.296 e. The molecule has 0 aliphatic rings. The van der Waals surface area contributed by atoms with E-state index >= 15 is 0 Å². The van der Waals surface area contributed by atoms with Gasteiger partial charge in [-0.25, -0.2) is 9.46 Å². The van der Waals surface area contributed by atoms with Gasteiger partial charge >= 0.3 is 0 Å². The SMILES string of the molecule is Nc1c(N)[n+]([O-])c(NCCO)c(N)[n+]1[O-]. The van der Waals surface area contributed by atoms with Crippen molar-refractivity contribution in [3.63, 3.8) is 0 Å². The summed E-state index contributed by atoms with van der Waals surface area (Å²) in [6.45, 7) is -0.154. The summed E-state index contributed by atoms with van der Waals surface area (Å²) in [6, 6.07) is 0. The quantitative estimate of drug-likeness (QED) is 0.267. The molecule has 0 aliphatic heterocycles. The Balaban J connectivity index is 3.26. The second kappa shape index (κ2) is 3.92. The summed E-state index contributed by atoms with van der Waals surface area (Å²) in [6.07, 6.45) is 0. The van der Waals surface area contributed by atoms with Crippen molar-refractivity contribution < 1.29 is 14.6 Å². The maximum atomic E-state index is 11.4. The molecule has 0 aliphatic carbocycles. The predicted octanol–water partition coefficient (Wildman–Crippen LogP) is -2.90. The number of anilines is 4. The van der Waals surface area contributed by atoms with Crippen LogP contribution in [0.3, 0.4) is 0 Å². The van der Waals surface area contributed by atoms with Crippen LogP contribution >= 0.6 is 0 Å². The van der Waals surface area contributed by atoms with Gasteiger partial charge in [0.15, 0.2) is 0 Å². The molecule has 9 nitrogen and oxygen atoms in total. The molecule has 9 heteroatoms. The first-order chi connectivity index (χ1) is 7.00. The molecule has 1 rings (SSSR count). The van der Waals surface area contributed by atoms with E-state index in [1.54, 1.807) is 0 Å². The van der Waals surface area contributed by atoms with Gasteiger partial charge in [0.2, 0.25) is 0 Å². The number of rotatable bonds is 3. The van der Waals surface area contributed by atoms with Crippen LogP contribution in [0.1, 0.15) is 0 Å². The van der Waals surface area contributed by atoms with Crippen molar-refractivity contribution in [2.45, 2.75) is 0 Å². The molecule has 0 saturated heterocycles. The van der Waals surface area contributed by atoms with E-state index in [2.05, 4.69) is 5.32 Å². The monoisotopic (exact) mass is 216 g/mol. The van der Waals surface area contributed by atoms with Crippen LogP contribution in [0.4, 0.5) is 23.3 Å². The fourth-order valence-corrected chi connectivity index (χ4v) is 0.995. The largest absolute Gasteiger partial charge is 0.740 e. The summed E-state index contributed by atoms with van der Waals surface area (Å²) >= 11 is 0. The third-order valence-electron chi connectivity index (χ3n) is 1.77. The first-order valence-electron chi connectivity index (χ1n) is 4.05. The van der Waals surface area contributed by atoms with E-state index in [1.165, 1.54) is 0 Å². The number of aliphatic hydroxyl groups excluding tert-OH is 1. The van der Waals surface area contributed by atoms with Crippen molar-refractivity contribution in [1.29, 1.82) is 0 Å². The van der Waals surface area contributed by atoms with Crippen molar-refractivity contribution in [2.75, 3.05) is 35.7 Å². The topological polar surface area (TPSA) is 164 Å². The molecule has 0 unspecified atom stereocenters. The van der Waals surface area contributed by atoms with Gasteiger partial charge in [0, 0.05) is 0 Å². The van der Waals surface area contributed by atoms with E-state index in [1.807, 2.05) is 0 Å². The van der Waals surface area contributed by atoms with Crippen molar-refractivity contribution in [1.82, 2.24) is 0 Å². The Kier molecular flexibility index (Phi) is 2.85. The lowest BCUT2D eigenvalue weighted by Gasteiger charge is -2.18. The van der Waals surface area contributed by atoms with Gasteiger partial charge in [-0.15, -0.1) is 0 Å². The number of nitrogen functional groups attached to an aromatic ring is 3. The first kappa shape index (κ1) is 10.9. The molecule has 0 radical (unpaired) electrons. The number of hydrogen-bond donors (Lipinski definition) is 5. The zero-order valence-corrected chi connectivity index (χ0v) is 7.80. The van der Waals surface area contributed by atoms with E-state index in [0.717, 1.165) is 0 Å². The number of nitrogens with one attached hydrogen (secondary N) is 1. The maximum absolute atomic E-state index is 11.4. The van der Waals surface area contributed by atoms with Gasteiger partial charge in [-0.2, -0.15) is 0 Å². The van der Waals surface area contributed by atoms with Gasteiger partial charge < -0.3 is 32.7 Å². The Morgan fingerprint density at radius 1 is 1.07 bits per heavy atom. The lowest BCUT2D eigenvalue weighted by molar-refractivity contribution is -0.623. The first-order valence-corrected chi connectivity index (χ1v) is 4.05. The molecule has 1 heterocycles. The summed E-state index contributed by atoms with van der Waals surface area (Å²) < 4.78 is 0.345. The summed E-state index contributed by atoms with van der Waals surface area (Å²) in [7, 11) is 0.